The molecule has 0 amide bonds. The van der Waals surface area contributed by atoms with E-state index in [9.17, 15) is 0 Å². The van der Waals surface area contributed by atoms with Crippen molar-refractivity contribution in [2.24, 2.45) is 5.73 Å². The molecule has 4 nitrogen and oxygen atoms in total. The van der Waals surface area contributed by atoms with Crippen LogP contribution in [0.25, 0.3) is 0 Å². The lowest BCUT2D eigenvalue weighted by atomic mass is 10.0. The summed E-state index contributed by atoms with van der Waals surface area (Å²) in [5, 5.41) is 0. The molecule has 4 heteroatoms. The lowest BCUT2D eigenvalue weighted by Crippen LogP contribution is -2.51. The van der Waals surface area contributed by atoms with Crippen LogP contribution in [0.1, 0.15) is 5.56 Å². The number of nitrogens with two attached hydrogens (primary N) is 1. The van der Waals surface area contributed by atoms with Crippen molar-refractivity contribution in [1.82, 2.24) is 0 Å². The van der Waals surface area contributed by atoms with Crippen LogP contribution in [-0.4, -0.2) is 27.6 Å². The summed E-state index contributed by atoms with van der Waals surface area (Å²) >= 11 is 0. The van der Waals surface area contributed by atoms with Crippen LogP contribution in [0.15, 0.2) is 30.3 Å². The first kappa shape index (κ1) is 12.1. The predicted molar refractivity (Wildman–Crippen MR) is 57.1 cm³/mol. The molecule has 0 heterocycles. The average Bonchev–Trinajstić information content (AvgIpc) is 2.31. The van der Waals surface area contributed by atoms with Crippen LogP contribution in [0.3, 0.4) is 0 Å². The maximum Gasteiger partial charge on any atom is 0.204 e. The first-order chi connectivity index (χ1) is 7.19. The molecule has 1 atom stereocenters. The molecule has 1 rings (SSSR count). The maximum absolute atomic E-state index is 6.11. The molecule has 1 aromatic carbocycles. The van der Waals surface area contributed by atoms with E-state index in [0.29, 0.717) is 0 Å². The summed E-state index contributed by atoms with van der Waals surface area (Å²) in [4.78, 5) is 0. The van der Waals surface area contributed by atoms with E-state index in [2.05, 4.69) is 0 Å². The highest BCUT2D eigenvalue weighted by atomic mass is 16.7. The first-order valence-electron chi connectivity index (χ1n) is 4.64. The van der Waals surface area contributed by atoms with Crippen LogP contribution >= 0.6 is 0 Å². The number of hydrogen-bond donors (Lipinski definition) is 1. The van der Waals surface area contributed by atoms with Crippen molar-refractivity contribution in [1.29, 1.82) is 0 Å². The highest BCUT2D eigenvalue weighted by Crippen LogP contribution is 2.25. The first-order valence-corrected chi connectivity index (χ1v) is 4.64. The maximum atomic E-state index is 6.11. The molecule has 1 unspecified atom stereocenters. The van der Waals surface area contributed by atoms with Gasteiger partial charge in [-0.3, -0.25) is 5.73 Å². The molecule has 0 aliphatic rings. The Morgan fingerprint density at radius 3 is 2.00 bits per heavy atom. The lowest BCUT2D eigenvalue weighted by molar-refractivity contribution is -0.229. The Hall–Kier alpha value is -0.940. The van der Waals surface area contributed by atoms with E-state index in [1.165, 1.54) is 21.3 Å². The fraction of sp³-hybridized carbons (Fsp3) is 0.455. The van der Waals surface area contributed by atoms with E-state index in [1.54, 1.807) is 0 Å². The number of rotatable bonds is 5. The standard InChI is InChI=1S/C11H17NO3/c1-13-10(14-2)11(12,15-3)9-7-5-4-6-8-9/h4-8,10H,12H2,1-3H3. The summed E-state index contributed by atoms with van der Waals surface area (Å²) in [5.74, 6) is 0. The Labute approximate surface area is 89.9 Å². The second kappa shape index (κ2) is 5.23. The van der Waals surface area contributed by atoms with Gasteiger partial charge in [0.05, 0.1) is 0 Å². The summed E-state index contributed by atoms with van der Waals surface area (Å²) in [6, 6.07) is 9.42. The molecule has 84 valence electrons. The number of benzene rings is 1. The van der Waals surface area contributed by atoms with Gasteiger partial charge in [0.25, 0.3) is 0 Å². The van der Waals surface area contributed by atoms with E-state index in [0.717, 1.165) is 5.56 Å². The fourth-order valence-corrected chi connectivity index (χ4v) is 1.50. The minimum absolute atomic E-state index is 0.648. The van der Waals surface area contributed by atoms with Crippen molar-refractivity contribution in [2.75, 3.05) is 21.3 Å². The van der Waals surface area contributed by atoms with E-state index in [1.807, 2.05) is 30.3 Å². The van der Waals surface area contributed by atoms with Crippen LogP contribution in [0, 0.1) is 0 Å². The van der Waals surface area contributed by atoms with Gasteiger partial charge in [-0.15, -0.1) is 0 Å². The average molecular weight is 211 g/mol. The van der Waals surface area contributed by atoms with Crippen LogP contribution in [0.4, 0.5) is 0 Å². The van der Waals surface area contributed by atoms with E-state index >= 15 is 0 Å². The summed E-state index contributed by atoms with van der Waals surface area (Å²) in [7, 11) is 4.58. The van der Waals surface area contributed by atoms with Gasteiger partial charge in [0.15, 0.2) is 5.72 Å². The van der Waals surface area contributed by atoms with Gasteiger partial charge in [-0.1, -0.05) is 30.3 Å². The zero-order chi connectivity index (χ0) is 11.3. The molecular weight excluding hydrogens is 194 g/mol. The molecule has 0 bridgehead atoms. The molecule has 0 radical (unpaired) electrons. The Morgan fingerprint density at radius 1 is 1.07 bits per heavy atom. The fourth-order valence-electron chi connectivity index (χ4n) is 1.50. The van der Waals surface area contributed by atoms with Crippen LogP contribution in [0.5, 0.6) is 0 Å². The van der Waals surface area contributed by atoms with Gasteiger partial charge in [-0.2, -0.15) is 0 Å². The normalized spacial score (nSPS) is 15.3. The van der Waals surface area contributed by atoms with E-state index in [4.69, 9.17) is 19.9 Å². The molecule has 1 aromatic rings. The van der Waals surface area contributed by atoms with E-state index < -0.39 is 12.0 Å². The van der Waals surface area contributed by atoms with Gasteiger partial charge >= 0.3 is 0 Å². The molecule has 0 saturated carbocycles. The molecule has 0 aliphatic carbocycles. The molecule has 2 N–H and O–H groups in total. The summed E-state index contributed by atoms with van der Waals surface area (Å²) in [5.41, 5.74) is 5.83. The van der Waals surface area contributed by atoms with Crippen molar-refractivity contribution in [3.63, 3.8) is 0 Å². The Morgan fingerprint density at radius 2 is 1.60 bits per heavy atom. The summed E-state index contributed by atoms with van der Waals surface area (Å²) in [6.45, 7) is 0. The monoisotopic (exact) mass is 211 g/mol. The SMILES string of the molecule is COC(OC)C(N)(OC)c1ccccc1. The molecular formula is C11H17NO3. The molecule has 0 saturated heterocycles. The van der Waals surface area contributed by atoms with Gasteiger partial charge in [-0.05, 0) is 0 Å². The second-order valence-corrected chi connectivity index (χ2v) is 3.17. The minimum Gasteiger partial charge on any atom is -0.355 e. The lowest BCUT2D eigenvalue weighted by Gasteiger charge is -2.34. The second-order valence-electron chi connectivity index (χ2n) is 3.17. The molecule has 0 spiro atoms. The van der Waals surface area contributed by atoms with Crippen LogP contribution < -0.4 is 5.73 Å². The van der Waals surface area contributed by atoms with Crippen LogP contribution in [0.2, 0.25) is 0 Å². The summed E-state index contributed by atoms with van der Waals surface area (Å²) in [6.07, 6.45) is -0.648. The number of ether oxygens (including phenoxy) is 3. The Balaban J connectivity index is 3.04. The Bertz CT molecular complexity index is 287. The number of methoxy groups -OCH3 is 3. The van der Waals surface area contributed by atoms with E-state index in [-0.39, 0.29) is 0 Å². The predicted octanol–water partition coefficient (Wildman–Crippen LogP) is 1.06. The van der Waals surface area contributed by atoms with Crippen molar-refractivity contribution >= 4 is 0 Å². The molecule has 0 fully saturated rings. The topological polar surface area (TPSA) is 53.7 Å². The van der Waals surface area contributed by atoms with Gasteiger partial charge in [0, 0.05) is 26.9 Å². The van der Waals surface area contributed by atoms with Gasteiger partial charge < -0.3 is 14.2 Å². The van der Waals surface area contributed by atoms with Gasteiger partial charge in [-0.25, -0.2) is 0 Å². The third-order valence-corrected chi connectivity index (χ3v) is 2.34. The highest BCUT2D eigenvalue weighted by Gasteiger charge is 2.37. The quantitative estimate of drug-likeness (QED) is 0.740. The van der Waals surface area contributed by atoms with Crippen molar-refractivity contribution in [3.05, 3.63) is 35.9 Å². The molecule has 0 aromatic heterocycles. The zero-order valence-corrected chi connectivity index (χ0v) is 9.27. The van der Waals surface area contributed by atoms with Crippen molar-refractivity contribution < 1.29 is 14.2 Å². The third-order valence-electron chi connectivity index (χ3n) is 2.34. The molecule has 0 aliphatic heterocycles. The van der Waals surface area contributed by atoms with Crippen molar-refractivity contribution in [2.45, 2.75) is 12.0 Å². The smallest absolute Gasteiger partial charge is 0.204 e. The summed E-state index contributed by atoms with van der Waals surface area (Å²) < 4.78 is 15.6. The van der Waals surface area contributed by atoms with Gasteiger partial charge in [0.1, 0.15) is 0 Å². The zero-order valence-electron chi connectivity index (χ0n) is 9.27. The Kier molecular flexibility index (Phi) is 4.23. The van der Waals surface area contributed by atoms with Gasteiger partial charge in [0.2, 0.25) is 6.29 Å². The van der Waals surface area contributed by atoms with Crippen molar-refractivity contribution in [3.8, 4) is 0 Å². The number of hydrogen-bond acceptors (Lipinski definition) is 4. The third kappa shape index (κ3) is 2.35. The largest absolute Gasteiger partial charge is 0.355 e. The molecule has 15 heavy (non-hydrogen) atoms. The van der Waals surface area contributed by atoms with Crippen LogP contribution in [-0.2, 0) is 19.9 Å². The highest BCUT2D eigenvalue weighted by molar-refractivity contribution is 5.22. The minimum atomic E-state index is -1.09.